The summed E-state index contributed by atoms with van der Waals surface area (Å²) >= 11 is 4.25. The summed E-state index contributed by atoms with van der Waals surface area (Å²) in [6.07, 6.45) is 2.00. The lowest BCUT2D eigenvalue weighted by Crippen LogP contribution is -2.26. The van der Waals surface area contributed by atoms with Crippen molar-refractivity contribution in [3.05, 3.63) is 12.7 Å². The van der Waals surface area contributed by atoms with Gasteiger partial charge >= 0.3 is 0 Å². The molecule has 0 spiro atoms. The van der Waals surface area contributed by atoms with E-state index in [2.05, 4.69) is 32.3 Å². The molecule has 0 bridgehead atoms. The largest absolute Gasteiger partial charge is 0.182 e. The second-order valence-electron chi connectivity index (χ2n) is 2.82. The van der Waals surface area contributed by atoms with Crippen LogP contribution in [0.3, 0.4) is 0 Å². The van der Waals surface area contributed by atoms with Gasteiger partial charge in [-0.2, -0.15) is 12.6 Å². The van der Waals surface area contributed by atoms with Gasteiger partial charge in [-0.15, -0.1) is 6.58 Å². The number of hydrogen-bond acceptors (Lipinski definition) is 1. The highest BCUT2D eigenvalue weighted by Gasteiger charge is 2.14. The van der Waals surface area contributed by atoms with Gasteiger partial charge in [0.05, 0.1) is 8.07 Å². The maximum Gasteiger partial charge on any atom is 0.0612 e. The van der Waals surface area contributed by atoms with Crippen molar-refractivity contribution >= 4 is 20.7 Å². The molecule has 0 aliphatic heterocycles. The highest BCUT2D eigenvalue weighted by atomic mass is 32.1. The third-order valence-electron chi connectivity index (χ3n) is 1.12. The minimum Gasteiger partial charge on any atom is -0.182 e. The van der Waals surface area contributed by atoms with Crippen molar-refractivity contribution < 1.29 is 0 Å². The molecule has 0 amide bonds. The molecule has 0 nitrogen and oxygen atoms in total. The summed E-state index contributed by atoms with van der Waals surface area (Å²) in [5.74, 6) is 0. The van der Waals surface area contributed by atoms with Crippen molar-refractivity contribution in [2.24, 2.45) is 0 Å². The Balaban J connectivity index is 3.53. The van der Waals surface area contributed by atoms with Crippen LogP contribution in [0.1, 0.15) is 0 Å². The van der Waals surface area contributed by atoms with Crippen LogP contribution in [0.2, 0.25) is 19.1 Å². The SMILES string of the molecule is C=CC[Si](C)(C)CS. The summed E-state index contributed by atoms with van der Waals surface area (Å²) in [6, 6.07) is 1.19. The first kappa shape index (κ1) is 8.31. The van der Waals surface area contributed by atoms with E-state index in [1.165, 1.54) is 6.04 Å². The predicted molar refractivity (Wildman–Crippen MR) is 46.3 cm³/mol. The van der Waals surface area contributed by atoms with Crippen LogP contribution in [-0.4, -0.2) is 13.5 Å². The van der Waals surface area contributed by atoms with Crippen molar-refractivity contribution in [2.45, 2.75) is 19.1 Å². The molecule has 8 heavy (non-hydrogen) atoms. The highest BCUT2D eigenvalue weighted by molar-refractivity contribution is 7.82. The summed E-state index contributed by atoms with van der Waals surface area (Å²) < 4.78 is 0. The van der Waals surface area contributed by atoms with Crippen LogP contribution in [0, 0.1) is 0 Å². The van der Waals surface area contributed by atoms with Crippen LogP contribution in [0.4, 0.5) is 0 Å². The van der Waals surface area contributed by atoms with E-state index >= 15 is 0 Å². The molecule has 0 aliphatic carbocycles. The molecule has 0 aromatic rings. The van der Waals surface area contributed by atoms with Crippen molar-refractivity contribution in [1.82, 2.24) is 0 Å². The lowest BCUT2D eigenvalue weighted by atomic mass is 10.8. The topological polar surface area (TPSA) is 0 Å². The highest BCUT2D eigenvalue weighted by Crippen LogP contribution is 2.09. The molecule has 0 saturated heterocycles. The molecule has 2 heteroatoms. The Morgan fingerprint density at radius 1 is 1.62 bits per heavy atom. The van der Waals surface area contributed by atoms with Gasteiger partial charge in [0.25, 0.3) is 0 Å². The summed E-state index contributed by atoms with van der Waals surface area (Å²) in [5, 5.41) is 1.07. The molecule has 0 aromatic carbocycles. The molecular weight excluding hydrogens is 132 g/mol. The quantitative estimate of drug-likeness (QED) is 0.353. The van der Waals surface area contributed by atoms with Crippen molar-refractivity contribution in [3.8, 4) is 0 Å². The van der Waals surface area contributed by atoms with E-state index in [0.717, 1.165) is 5.38 Å². The van der Waals surface area contributed by atoms with E-state index in [1.807, 2.05) is 6.08 Å². The van der Waals surface area contributed by atoms with Crippen LogP contribution in [0.5, 0.6) is 0 Å². The van der Waals surface area contributed by atoms with Crippen molar-refractivity contribution in [1.29, 1.82) is 0 Å². The normalized spacial score (nSPS) is 11.4. The Bertz CT molecular complexity index is 78.6. The average Bonchev–Trinajstić information content (AvgIpc) is 1.67. The first-order valence-corrected chi connectivity index (χ1v) is 6.89. The molecule has 0 heterocycles. The van der Waals surface area contributed by atoms with E-state index in [9.17, 15) is 0 Å². The fourth-order valence-electron chi connectivity index (χ4n) is 0.455. The van der Waals surface area contributed by atoms with Crippen LogP contribution in [-0.2, 0) is 0 Å². The van der Waals surface area contributed by atoms with Gasteiger partial charge in [-0.05, 0) is 11.4 Å². The van der Waals surface area contributed by atoms with Gasteiger partial charge in [0, 0.05) is 0 Å². The summed E-state index contributed by atoms with van der Waals surface area (Å²) in [5.41, 5.74) is 0. The minimum atomic E-state index is -0.931. The minimum absolute atomic E-state index is 0.931. The van der Waals surface area contributed by atoms with Gasteiger partial charge in [0.15, 0.2) is 0 Å². The fraction of sp³-hybridized carbons (Fsp3) is 0.667. The standard InChI is InChI=1S/C6H14SSi/c1-4-5-8(2,3)6-7/h4,7H,1,5-6H2,2-3H3. The zero-order chi connectivity index (χ0) is 6.62. The maximum absolute atomic E-state index is 4.25. The van der Waals surface area contributed by atoms with Gasteiger partial charge in [0.2, 0.25) is 0 Å². The second-order valence-corrected chi connectivity index (χ2v) is 8.82. The van der Waals surface area contributed by atoms with E-state index in [-0.39, 0.29) is 0 Å². The average molecular weight is 146 g/mol. The number of rotatable bonds is 3. The van der Waals surface area contributed by atoms with Crippen LogP contribution >= 0.6 is 12.6 Å². The number of thiol groups is 1. The van der Waals surface area contributed by atoms with Crippen molar-refractivity contribution in [2.75, 3.05) is 5.38 Å². The summed E-state index contributed by atoms with van der Waals surface area (Å²) in [6.45, 7) is 8.34. The molecule has 0 aromatic heterocycles. The number of allylic oxidation sites excluding steroid dienone is 1. The van der Waals surface area contributed by atoms with E-state index < -0.39 is 8.07 Å². The summed E-state index contributed by atoms with van der Waals surface area (Å²) in [7, 11) is -0.931. The second kappa shape index (κ2) is 3.36. The van der Waals surface area contributed by atoms with Gasteiger partial charge in [0.1, 0.15) is 0 Å². The lowest BCUT2D eigenvalue weighted by Gasteiger charge is -2.15. The molecule has 0 aliphatic rings. The Labute approximate surface area is 58.4 Å². The van der Waals surface area contributed by atoms with Crippen LogP contribution in [0.25, 0.3) is 0 Å². The zero-order valence-electron chi connectivity index (χ0n) is 5.65. The first-order chi connectivity index (χ1) is 3.62. The molecule has 0 rings (SSSR count). The molecule has 0 fully saturated rings. The number of hydrogen-bond donors (Lipinski definition) is 1. The van der Waals surface area contributed by atoms with E-state index in [4.69, 9.17) is 0 Å². The van der Waals surface area contributed by atoms with Crippen molar-refractivity contribution in [3.63, 3.8) is 0 Å². The van der Waals surface area contributed by atoms with Gasteiger partial charge in [-0.1, -0.05) is 19.2 Å². The summed E-state index contributed by atoms with van der Waals surface area (Å²) in [4.78, 5) is 0. The fourth-order valence-corrected chi connectivity index (χ4v) is 1.75. The Morgan fingerprint density at radius 2 is 2.12 bits per heavy atom. The molecule has 0 N–H and O–H groups in total. The third kappa shape index (κ3) is 3.33. The third-order valence-corrected chi connectivity index (χ3v) is 5.94. The maximum atomic E-state index is 4.25. The predicted octanol–water partition coefficient (Wildman–Crippen LogP) is 2.35. The molecule has 0 radical (unpaired) electrons. The van der Waals surface area contributed by atoms with E-state index in [1.54, 1.807) is 0 Å². The van der Waals surface area contributed by atoms with Gasteiger partial charge < -0.3 is 0 Å². The smallest absolute Gasteiger partial charge is 0.0612 e. The monoisotopic (exact) mass is 146 g/mol. The Morgan fingerprint density at radius 3 is 2.25 bits per heavy atom. The zero-order valence-corrected chi connectivity index (χ0v) is 7.54. The lowest BCUT2D eigenvalue weighted by molar-refractivity contribution is 1.51. The molecule has 0 saturated carbocycles. The van der Waals surface area contributed by atoms with Crippen LogP contribution < -0.4 is 0 Å². The first-order valence-electron chi connectivity index (χ1n) is 2.84. The molecule has 0 atom stereocenters. The molecular formula is C6H14SSi. The molecule has 48 valence electrons. The Kier molecular flexibility index (Phi) is 3.48. The molecule has 0 unspecified atom stereocenters. The van der Waals surface area contributed by atoms with Gasteiger partial charge in [-0.25, -0.2) is 0 Å². The van der Waals surface area contributed by atoms with Gasteiger partial charge in [-0.3, -0.25) is 0 Å². The Hall–Kier alpha value is 0.307. The van der Waals surface area contributed by atoms with Crippen LogP contribution in [0.15, 0.2) is 12.7 Å². The van der Waals surface area contributed by atoms with E-state index in [0.29, 0.717) is 0 Å².